The van der Waals surface area contributed by atoms with Gasteiger partial charge < -0.3 is 15.5 Å². The largest absolute Gasteiger partial charge is 0.341 e. The number of rotatable bonds is 7. The topological polar surface area (TPSA) is 78.5 Å². The zero-order valence-corrected chi connectivity index (χ0v) is 17.6. The third kappa shape index (κ3) is 5.69. The van der Waals surface area contributed by atoms with E-state index in [0.717, 1.165) is 25.9 Å². The van der Waals surface area contributed by atoms with E-state index in [2.05, 4.69) is 10.6 Å². The van der Waals surface area contributed by atoms with Gasteiger partial charge >= 0.3 is 0 Å². The van der Waals surface area contributed by atoms with Crippen molar-refractivity contribution in [2.75, 3.05) is 18.4 Å². The lowest BCUT2D eigenvalue weighted by Gasteiger charge is -2.20. The molecular weight excluding hydrogens is 378 g/mol. The molecule has 30 heavy (non-hydrogen) atoms. The Bertz CT molecular complexity index is 872. The van der Waals surface area contributed by atoms with Gasteiger partial charge in [-0.15, -0.1) is 0 Å². The maximum Gasteiger partial charge on any atom is 0.253 e. The molecule has 1 heterocycles. The molecule has 1 aliphatic heterocycles. The summed E-state index contributed by atoms with van der Waals surface area (Å²) in [6.45, 7) is 5.52. The number of carbonyl (C=O) groups is 3. The Morgan fingerprint density at radius 3 is 2.17 bits per heavy atom. The van der Waals surface area contributed by atoms with E-state index in [1.165, 1.54) is 0 Å². The van der Waals surface area contributed by atoms with E-state index in [1.54, 1.807) is 24.3 Å². The summed E-state index contributed by atoms with van der Waals surface area (Å²) in [4.78, 5) is 39.6. The van der Waals surface area contributed by atoms with Crippen molar-refractivity contribution in [2.24, 2.45) is 5.92 Å². The van der Waals surface area contributed by atoms with Gasteiger partial charge in [0.25, 0.3) is 11.8 Å². The molecule has 1 aliphatic rings. The standard InChI is InChI=1S/C24H29N3O3/c1-17(2)16-21(28)26-22(18-8-4-3-5-9-18)23(29)25-20-12-10-19(11-13-20)24(30)27-14-6-7-15-27/h3-5,8-13,17,22H,6-7,14-16H2,1-2H3,(H,25,29)(H,26,28). The van der Waals surface area contributed by atoms with Gasteiger partial charge in [0, 0.05) is 30.8 Å². The number of nitrogens with one attached hydrogen (secondary N) is 2. The van der Waals surface area contributed by atoms with E-state index < -0.39 is 6.04 Å². The van der Waals surface area contributed by atoms with Crippen LogP contribution in [0.3, 0.4) is 0 Å². The van der Waals surface area contributed by atoms with Crippen molar-refractivity contribution in [1.29, 1.82) is 0 Å². The van der Waals surface area contributed by atoms with Crippen LogP contribution in [-0.4, -0.2) is 35.7 Å². The van der Waals surface area contributed by atoms with Crippen LogP contribution in [0.15, 0.2) is 54.6 Å². The van der Waals surface area contributed by atoms with Crippen LogP contribution in [0.2, 0.25) is 0 Å². The molecule has 2 aromatic carbocycles. The molecule has 1 saturated heterocycles. The average Bonchev–Trinajstić information content (AvgIpc) is 3.27. The van der Waals surface area contributed by atoms with Gasteiger partial charge in [-0.05, 0) is 48.6 Å². The van der Waals surface area contributed by atoms with E-state index >= 15 is 0 Å². The van der Waals surface area contributed by atoms with Crippen molar-refractivity contribution >= 4 is 23.4 Å². The minimum atomic E-state index is -0.789. The SMILES string of the molecule is CC(C)CC(=O)NC(C(=O)Nc1ccc(C(=O)N2CCCC2)cc1)c1ccccc1. The first-order valence-electron chi connectivity index (χ1n) is 10.5. The van der Waals surface area contributed by atoms with E-state index in [-0.39, 0.29) is 23.6 Å². The smallest absolute Gasteiger partial charge is 0.253 e. The molecule has 0 radical (unpaired) electrons. The number of carbonyl (C=O) groups excluding carboxylic acids is 3. The first kappa shape index (κ1) is 21.6. The van der Waals surface area contributed by atoms with Crippen molar-refractivity contribution in [3.05, 3.63) is 65.7 Å². The highest BCUT2D eigenvalue weighted by molar-refractivity contribution is 5.99. The highest BCUT2D eigenvalue weighted by Gasteiger charge is 2.24. The first-order chi connectivity index (χ1) is 14.4. The molecular formula is C24H29N3O3. The highest BCUT2D eigenvalue weighted by atomic mass is 16.2. The number of nitrogens with zero attached hydrogens (tertiary/aromatic N) is 1. The number of amides is 3. The van der Waals surface area contributed by atoms with Crippen LogP contribution in [0, 0.1) is 5.92 Å². The quantitative estimate of drug-likeness (QED) is 0.733. The maximum absolute atomic E-state index is 13.0. The van der Waals surface area contributed by atoms with Crippen LogP contribution < -0.4 is 10.6 Å². The second-order valence-electron chi connectivity index (χ2n) is 8.08. The second-order valence-corrected chi connectivity index (χ2v) is 8.08. The van der Waals surface area contributed by atoms with Gasteiger partial charge in [0.05, 0.1) is 0 Å². The number of likely N-dealkylation sites (tertiary alicyclic amines) is 1. The molecule has 1 atom stereocenters. The number of hydrogen-bond donors (Lipinski definition) is 2. The Hall–Kier alpha value is -3.15. The van der Waals surface area contributed by atoms with E-state index in [9.17, 15) is 14.4 Å². The van der Waals surface area contributed by atoms with Crippen LogP contribution >= 0.6 is 0 Å². The fraction of sp³-hybridized carbons (Fsp3) is 0.375. The fourth-order valence-corrected chi connectivity index (χ4v) is 3.55. The summed E-state index contributed by atoms with van der Waals surface area (Å²) in [6, 6.07) is 15.3. The molecule has 6 nitrogen and oxygen atoms in total. The van der Waals surface area contributed by atoms with Crippen molar-refractivity contribution in [2.45, 2.75) is 39.2 Å². The number of benzene rings is 2. The monoisotopic (exact) mass is 407 g/mol. The normalized spacial score (nSPS) is 14.4. The van der Waals surface area contributed by atoms with Crippen LogP contribution in [0.4, 0.5) is 5.69 Å². The van der Waals surface area contributed by atoms with E-state index in [1.807, 2.05) is 49.1 Å². The Labute approximate surface area is 177 Å². The summed E-state index contributed by atoms with van der Waals surface area (Å²) in [7, 11) is 0. The summed E-state index contributed by atoms with van der Waals surface area (Å²) >= 11 is 0. The molecule has 2 N–H and O–H groups in total. The van der Waals surface area contributed by atoms with Crippen LogP contribution in [-0.2, 0) is 9.59 Å². The summed E-state index contributed by atoms with van der Waals surface area (Å²) in [5.41, 5.74) is 1.91. The van der Waals surface area contributed by atoms with E-state index in [0.29, 0.717) is 23.2 Å². The van der Waals surface area contributed by atoms with Crippen molar-refractivity contribution in [3.8, 4) is 0 Å². The molecule has 0 bridgehead atoms. The molecule has 1 fully saturated rings. The lowest BCUT2D eigenvalue weighted by Crippen LogP contribution is -2.37. The molecule has 6 heteroatoms. The molecule has 0 aromatic heterocycles. The number of hydrogen-bond acceptors (Lipinski definition) is 3. The average molecular weight is 408 g/mol. The Kier molecular flexibility index (Phi) is 7.22. The predicted molar refractivity (Wildman–Crippen MR) is 117 cm³/mol. The lowest BCUT2D eigenvalue weighted by atomic mass is 10.0. The zero-order chi connectivity index (χ0) is 21.5. The van der Waals surface area contributed by atoms with Gasteiger partial charge in [0.2, 0.25) is 5.91 Å². The lowest BCUT2D eigenvalue weighted by molar-refractivity contribution is -0.127. The molecule has 3 rings (SSSR count). The summed E-state index contributed by atoms with van der Waals surface area (Å²) < 4.78 is 0. The fourth-order valence-electron chi connectivity index (χ4n) is 3.55. The first-order valence-corrected chi connectivity index (χ1v) is 10.5. The minimum absolute atomic E-state index is 0.0217. The van der Waals surface area contributed by atoms with Crippen LogP contribution in [0.25, 0.3) is 0 Å². The third-order valence-electron chi connectivity index (χ3n) is 5.09. The summed E-state index contributed by atoms with van der Waals surface area (Å²) in [6.07, 6.45) is 2.44. The van der Waals surface area contributed by atoms with Gasteiger partial charge in [-0.2, -0.15) is 0 Å². The Morgan fingerprint density at radius 2 is 1.57 bits per heavy atom. The van der Waals surface area contributed by atoms with Crippen molar-refractivity contribution in [1.82, 2.24) is 10.2 Å². The Morgan fingerprint density at radius 1 is 0.933 bits per heavy atom. The molecule has 0 spiro atoms. The zero-order valence-electron chi connectivity index (χ0n) is 17.6. The molecule has 0 aliphatic carbocycles. The van der Waals surface area contributed by atoms with Crippen LogP contribution in [0.5, 0.6) is 0 Å². The molecule has 0 saturated carbocycles. The molecule has 1 unspecified atom stereocenters. The van der Waals surface area contributed by atoms with Crippen molar-refractivity contribution < 1.29 is 14.4 Å². The third-order valence-corrected chi connectivity index (χ3v) is 5.09. The highest BCUT2D eigenvalue weighted by Crippen LogP contribution is 2.19. The number of anilines is 1. The van der Waals surface area contributed by atoms with Crippen molar-refractivity contribution in [3.63, 3.8) is 0 Å². The second kappa shape index (κ2) is 10.1. The van der Waals surface area contributed by atoms with Gasteiger partial charge in [0.15, 0.2) is 0 Å². The summed E-state index contributed by atoms with van der Waals surface area (Å²) in [5, 5.41) is 5.70. The van der Waals surface area contributed by atoms with E-state index in [4.69, 9.17) is 0 Å². The van der Waals surface area contributed by atoms with Gasteiger partial charge in [0.1, 0.15) is 6.04 Å². The van der Waals surface area contributed by atoms with Gasteiger partial charge in [-0.1, -0.05) is 44.2 Å². The van der Waals surface area contributed by atoms with Crippen LogP contribution in [0.1, 0.15) is 55.1 Å². The molecule has 3 amide bonds. The minimum Gasteiger partial charge on any atom is -0.341 e. The molecule has 158 valence electrons. The maximum atomic E-state index is 13.0. The molecule has 2 aromatic rings. The summed E-state index contributed by atoms with van der Waals surface area (Å²) in [5.74, 6) is -0.267. The van der Waals surface area contributed by atoms with Gasteiger partial charge in [-0.3, -0.25) is 14.4 Å². The predicted octanol–water partition coefficient (Wildman–Crippen LogP) is 3.76. The Balaban J connectivity index is 1.70. The van der Waals surface area contributed by atoms with Gasteiger partial charge in [-0.25, -0.2) is 0 Å².